The lowest BCUT2D eigenvalue weighted by molar-refractivity contribution is 0.233. The molecule has 2 amide bonds. The van der Waals surface area contributed by atoms with Crippen LogP contribution >= 0.6 is 12.4 Å². The molecule has 5 heteroatoms. The highest BCUT2D eigenvalue weighted by atomic mass is 35.5. The second kappa shape index (κ2) is 5.41. The van der Waals surface area contributed by atoms with Gasteiger partial charge < -0.3 is 16.0 Å². The Morgan fingerprint density at radius 3 is 2.43 bits per heavy atom. The molecular weight excluding hydrogens is 202 g/mol. The van der Waals surface area contributed by atoms with Crippen molar-refractivity contribution in [3.8, 4) is 0 Å². The van der Waals surface area contributed by atoms with E-state index in [1.165, 1.54) is 0 Å². The van der Waals surface area contributed by atoms with Crippen LogP contribution in [-0.4, -0.2) is 31.2 Å². The molecule has 2 aliphatic rings. The molecule has 0 aromatic rings. The molecule has 0 aromatic heterocycles. The fraction of sp³-hybridized carbons (Fsp3) is 0.889. The summed E-state index contributed by atoms with van der Waals surface area (Å²) in [6, 6.07) is 0.792. The van der Waals surface area contributed by atoms with Gasteiger partial charge in [-0.05, 0) is 32.2 Å². The number of hydrogen-bond acceptors (Lipinski definition) is 2. The van der Waals surface area contributed by atoms with E-state index in [4.69, 9.17) is 0 Å². The first-order valence-corrected chi connectivity index (χ1v) is 5.12. The van der Waals surface area contributed by atoms with Crippen LogP contribution in [0.5, 0.6) is 0 Å². The van der Waals surface area contributed by atoms with E-state index in [9.17, 15) is 4.79 Å². The predicted octanol–water partition coefficient (Wildman–Crippen LogP) is 0.622. The van der Waals surface area contributed by atoms with Gasteiger partial charge in [-0.2, -0.15) is 0 Å². The predicted molar refractivity (Wildman–Crippen MR) is 57.8 cm³/mol. The summed E-state index contributed by atoms with van der Waals surface area (Å²) in [5.41, 5.74) is 0. The second-order valence-corrected chi connectivity index (χ2v) is 3.94. The van der Waals surface area contributed by atoms with Crippen LogP contribution in [0.3, 0.4) is 0 Å². The van der Waals surface area contributed by atoms with Gasteiger partial charge in [0.1, 0.15) is 0 Å². The average molecular weight is 220 g/mol. The number of rotatable bonds is 2. The van der Waals surface area contributed by atoms with Crippen LogP contribution < -0.4 is 16.0 Å². The third-order valence-electron chi connectivity index (χ3n) is 2.54. The molecule has 3 N–H and O–H groups in total. The van der Waals surface area contributed by atoms with Crippen LogP contribution in [0.15, 0.2) is 0 Å². The van der Waals surface area contributed by atoms with Crippen molar-refractivity contribution in [1.29, 1.82) is 0 Å². The number of hydrogen-bond donors (Lipinski definition) is 3. The molecule has 1 saturated heterocycles. The molecule has 82 valence electrons. The number of carbonyl (C=O) groups excluding carboxylic acids is 1. The van der Waals surface area contributed by atoms with Gasteiger partial charge in [0.2, 0.25) is 0 Å². The quantitative estimate of drug-likeness (QED) is 0.638. The van der Waals surface area contributed by atoms with Crippen molar-refractivity contribution in [1.82, 2.24) is 16.0 Å². The fourth-order valence-electron chi connectivity index (χ4n) is 1.62. The summed E-state index contributed by atoms with van der Waals surface area (Å²) in [5, 5.41) is 9.17. The number of piperidine rings is 1. The second-order valence-electron chi connectivity index (χ2n) is 3.94. The Hall–Kier alpha value is -0.480. The standard InChI is InChI=1S/C9H17N3O.ClH/c13-9(11-7-3-4-7)12-8-2-1-5-10-6-8;/h7-8,10H,1-6H2,(H2,11,12,13);1H. The maximum absolute atomic E-state index is 11.3. The lowest BCUT2D eigenvalue weighted by Crippen LogP contribution is -2.49. The van der Waals surface area contributed by atoms with Crippen molar-refractivity contribution >= 4 is 18.4 Å². The van der Waals surface area contributed by atoms with Gasteiger partial charge in [-0.3, -0.25) is 0 Å². The third kappa shape index (κ3) is 3.72. The minimum absolute atomic E-state index is 0. The van der Waals surface area contributed by atoms with Crippen molar-refractivity contribution < 1.29 is 4.79 Å². The van der Waals surface area contributed by atoms with Crippen molar-refractivity contribution in [2.75, 3.05) is 13.1 Å². The lowest BCUT2D eigenvalue weighted by Gasteiger charge is -2.23. The SMILES string of the molecule is Cl.O=C(NC1CC1)NC1CCCNC1. The first kappa shape index (κ1) is 11.6. The molecule has 4 nitrogen and oxygen atoms in total. The highest BCUT2D eigenvalue weighted by Crippen LogP contribution is 2.18. The Morgan fingerprint density at radius 2 is 1.86 bits per heavy atom. The largest absolute Gasteiger partial charge is 0.335 e. The molecule has 1 heterocycles. The summed E-state index contributed by atoms with van der Waals surface area (Å²) in [6.07, 6.45) is 4.56. The highest BCUT2D eigenvalue weighted by molar-refractivity contribution is 5.85. The topological polar surface area (TPSA) is 53.2 Å². The Balaban J connectivity index is 0.000000980. The molecule has 1 aliphatic heterocycles. The summed E-state index contributed by atoms with van der Waals surface area (Å²) >= 11 is 0. The molecule has 14 heavy (non-hydrogen) atoms. The van der Waals surface area contributed by atoms with Crippen molar-refractivity contribution in [3.63, 3.8) is 0 Å². The molecule has 2 rings (SSSR count). The summed E-state index contributed by atoms with van der Waals surface area (Å²) < 4.78 is 0. The summed E-state index contributed by atoms with van der Waals surface area (Å²) in [6.45, 7) is 2.00. The number of halogens is 1. The van der Waals surface area contributed by atoms with Gasteiger partial charge in [-0.25, -0.2) is 4.79 Å². The van der Waals surface area contributed by atoms with E-state index in [-0.39, 0.29) is 18.4 Å². The zero-order chi connectivity index (χ0) is 9.10. The van der Waals surface area contributed by atoms with Crippen molar-refractivity contribution in [2.24, 2.45) is 0 Å². The Kier molecular flexibility index (Phi) is 4.48. The van der Waals surface area contributed by atoms with Gasteiger partial charge in [0.05, 0.1) is 0 Å². The minimum Gasteiger partial charge on any atom is -0.335 e. The van der Waals surface area contributed by atoms with Crippen LogP contribution in [0.2, 0.25) is 0 Å². The molecule has 0 bridgehead atoms. The van der Waals surface area contributed by atoms with E-state index in [1.807, 2.05) is 0 Å². The molecule has 0 radical (unpaired) electrons. The molecule has 1 aliphatic carbocycles. The van der Waals surface area contributed by atoms with Crippen molar-refractivity contribution in [3.05, 3.63) is 0 Å². The van der Waals surface area contributed by atoms with E-state index < -0.39 is 0 Å². The normalized spacial score (nSPS) is 26.1. The monoisotopic (exact) mass is 219 g/mol. The van der Waals surface area contributed by atoms with E-state index in [0.29, 0.717) is 12.1 Å². The minimum atomic E-state index is 0. The molecular formula is C9H18ClN3O. The van der Waals surface area contributed by atoms with Crippen LogP contribution in [0, 0.1) is 0 Å². The number of amides is 2. The van der Waals surface area contributed by atoms with Crippen LogP contribution in [0.25, 0.3) is 0 Å². The molecule has 1 unspecified atom stereocenters. The van der Waals surface area contributed by atoms with Gasteiger partial charge >= 0.3 is 6.03 Å². The fourth-order valence-corrected chi connectivity index (χ4v) is 1.62. The summed E-state index contributed by atoms with van der Waals surface area (Å²) in [7, 11) is 0. The maximum Gasteiger partial charge on any atom is 0.315 e. The van der Waals surface area contributed by atoms with Gasteiger partial charge in [0.25, 0.3) is 0 Å². The van der Waals surface area contributed by atoms with Crippen LogP contribution in [-0.2, 0) is 0 Å². The number of carbonyl (C=O) groups is 1. The molecule has 0 spiro atoms. The Bertz CT molecular complexity index is 190. The number of urea groups is 1. The first-order valence-electron chi connectivity index (χ1n) is 5.12. The Labute approximate surface area is 90.6 Å². The third-order valence-corrected chi connectivity index (χ3v) is 2.54. The van der Waals surface area contributed by atoms with E-state index >= 15 is 0 Å². The number of nitrogens with one attached hydrogen (secondary N) is 3. The summed E-state index contributed by atoms with van der Waals surface area (Å²) in [4.78, 5) is 11.3. The van der Waals surface area contributed by atoms with Gasteiger partial charge in [-0.15, -0.1) is 12.4 Å². The summed E-state index contributed by atoms with van der Waals surface area (Å²) in [5.74, 6) is 0. The molecule has 2 fully saturated rings. The lowest BCUT2D eigenvalue weighted by atomic mass is 10.1. The van der Waals surface area contributed by atoms with E-state index in [2.05, 4.69) is 16.0 Å². The smallest absolute Gasteiger partial charge is 0.315 e. The Morgan fingerprint density at radius 1 is 1.14 bits per heavy atom. The molecule has 0 aromatic carbocycles. The van der Waals surface area contributed by atoms with Crippen LogP contribution in [0.1, 0.15) is 25.7 Å². The van der Waals surface area contributed by atoms with E-state index in [1.54, 1.807) is 0 Å². The van der Waals surface area contributed by atoms with E-state index in [0.717, 1.165) is 38.8 Å². The average Bonchev–Trinajstić information content (AvgIpc) is 2.90. The van der Waals surface area contributed by atoms with Gasteiger partial charge in [0.15, 0.2) is 0 Å². The van der Waals surface area contributed by atoms with Gasteiger partial charge in [0, 0.05) is 18.6 Å². The molecule has 1 saturated carbocycles. The highest BCUT2D eigenvalue weighted by Gasteiger charge is 2.24. The van der Waals surface area contributed by atoms with Gasteiger partial charge in [-0.1, -0.05) is 0 Å². The maximum atomic E-state index is 11.3. The zero-order valence-electron chi connectivity index (χ0n) is 8.21. The van der Waals surface area contributed by atoms with Crippen molar-refractivity contribution in [2.45, 2.75) is 37.8 Å². The van der Waals surface area contributed by atoms with Crippen LogP contribution in [0.4, 0.5) is 4.79 Å². The molecule has 1 atom stereocenters. The first-order chi connectivity index (χ1) is 6.34. The zero-order valence-corrected chi connectivity index (χ0v) is 9.03.